The van der Waals surface area contributed by atoms with Gasteiger partial charge in [0.25, 0.3) is 0 Å². The normalized spacial score (nSPS) is 20.1. The summed E-state index contributed by atoms with van der Waals surface area (Å²) in [5.74, 6) is -0.784. The first-order chi connectivity index (χ1) is 16.0. The van der Waals surface area contributed by atoms with Crippen LogP contribution in [0.2, 0.25) is 0 Å². The zero-order valence-electron chi connectivity index (χ0n) is 18.4. The Hall–Kier alpha value is -2.59. The number of esters is 1. The minimum atomic E-state index is -4.96. The molecule has 34 heavy (non-hydrogen) atoms. The van der Waals surface area contributed by atoms with Crippen molar-refractivity contribution in [1.29, 1.82) is 0 Å². The number of benzene rings is 2. The van der Waals surface area contributed by atoms with Gasteiger partial charge in [-0.15, -0.1) is 0 Å². The Kier molecular flexibility index (Phi) is 8.25. The van der Waals surface area contributed by atoms with Gasteiger partial charge in [-0.1, -0.05) is 30.3 Å². The lowest BCUT2D eigenvalue weighted by Crippen LogP contribution is -2.38. The van der Waals surface area contributed by atoms with E-state index in [-0.39, 0.29) is 30.0 Å². The van der Waals surface area contributed by atoms with Crippen LogP contribution in [0.25, 0.3) is 0 Å². The Morgan fingerprint density at radius 1 is 1.03 bits per heavy atom. The molecule has 1 aliphatic heterocycles. The first kappa shape index (κ1) is 26.0. The molecule has 10 heteroatoms. The summed E-state index contributed by atoms with van der Waals surface area (Å²) < 4.78 is 89.2. The average Bonchev–Trinajstić information content (AvgIpc) is 2.80. The monoisotopic (exact) mass is 489 g/mol. The zero-order valence-corrected chi connectivity index (χ0v) is 18.4. The molecule has 3 atom stereocenters. The highest BCUT2D eigenvalue weighted by Crippen LogP contribution is 2.37. The van der Waals surface area contributed by atoms with Crippen LogP contribution >= 0.6 is 0 Å². The lowest BCUT2D eigenvalue weighted by Gasteiger charge is -2.34. The predicted molar refractivity (Wildman–Crippen MR) is 112 cm³/mol. The number of alkyl halides is 6. The number of halogens is 6. The average molecular weight is 489 g/mol. The molecule has 0 bridgehead atoms. The van der Waals surface area contributed by atoms with E-state index < -0.39 is 42.2 Å². The van der Waals surface area contributed by atoms with Crippen LogP contribution in [0.3, 0.4) is 0 Å². The molecule has 186 valence electrons. The molecular formula is C24H25F6NO3. The van der Waals surface area contributed by atoms with Gasteiger partial charge in [-0.2, -0.15) is 26.3 Å². The van der Waals surface area contributed by atoms with E-state index in [2.05, 4.69) is 5.32 Å². The van der Waals surface area contributed by atoms with Crippen molar-refractivity contribution in [3.63, 3.8) is 0 Å². The minimum absolute atomic E-state index is 0.0486. The molecule has 2 aromatic rings. The second kappa shape index (κ2) is 10.8. The van der Waals surface area contributed by atoms with E-state index in [1.165, 1.54) is 0 Å². The first-order valence-corrected chi connectivity index (χ1v) is 10.7. The van der Waals surface area contributed by atoms with Crippen molar-refractivity contribution in [3.8, 4) is 0 Å². The molecule has 1 saturated heterocycles. The van der Waals surface area contributed by atoms with Crippen molar-refractivity contribution in [2.24, 2.45) is 5.92 Å². The summed E-state index contributed by atoms with van der Waals surface area (Å²) in [6.07, 6.45) is -9.26. The summed E-state index contributed by atoms with van der Waals surface area (Å²) in [4.78, 5) is 12.4. The zero-order chi connectivity index (χ0) is 24.9. The van der Waals surface area contributed by atoms with Crippen molar-refractivity contribution < 1.29 is 40.6 Å². The third-order valence-corrected chi connectivity index (χ3v) is 5.83. The number of methoxy groups -OCH3 is 1. The van der Waals surface area contributed by atoms with Gasteiger partial charge in [0, 0.05) is 6.04 Å². The molecule has 0 saturated carbocycles. The largest absolute Gasteiger partial charge is 0.467 e. The smallest absolute Gasteiger partial charge is 0.416 e. The van der Waals surface area contributed by atoms with Crippen molar-refractivity contribution in [3.05, 3.63) is 70.8 Å². The van der Waals surface area contributed by atoms with Gasteiger partial charge in [0.15, 0.2) is 6.10 Å². The van der Waals surface area contributed by atoms with Crippen molar-refractivity contribution in [2.75, 3.05) is 13.7 Å². The third-order valence-electron chi connectivity index (χ3n) is 5.83. The predicted octanol–water partition coefficient (Wildman–Crippen LogP) is 5.91. The van der Waals surface area contributed by atoms with Crippen LogP contribution in [0, 0.1) is 5.92 Å². The van der Waals surface area contributed by atoms with E-state index in [4.69, 9.17) is 9.47 Å². The van der Waals surface area contributed by atoms with E-state index in [1.807, 2.05) is 30.3 Å². The molecule has 3 unspecified atom stereocenters. The molecule has 2 aromatic carbocycles. The molecule has 1 aliphatic rings. The quantitative estimate of drug-likeness (QED) is 0.388. The van der Waals surface area contributed by atoms with E-state index in [0.717, 1.165) is 32.1 Å². The summed E-state index contributed by atoms with van der Waals surface area (Å²) in [6.45, 7) is 0.174. The molecule has 3 rings (SSSR count). The van der Waals surface area contributed by atoms with Gasteiger partial charge in [-0.05, 0) is 61.1 Å². The van der Waals surface area contributed by atoms with Gasteiger partial charge >= 0.3 is 18.3 Å². The summed E-state index contributed by atoms with van der Waals surface area (Å²) in [5.41, 5.74) is -2.19. The lowest BCUT2D eigenvalue weighted by atomic mass is 9.82. The van der Waals surface area contributed by atoms with Crippen LogP contribution in [-0.4, -0.2) is 25.7 Å². The maximum absolute atomic E-state index is 13.1. The summed E-state index contributed by atoms with van der Waals surface area (Å²) in [7, 11) is 1.15. The molecule has 0 amide bonds. The molecular weight excluding hydrogens is 464 g/mol. The molecule has 1 heterocycles. The van der Waals surface area contributed by atoms with Crippen LogP contribution in [-0.2, 0) is 33.2 Å². The SMILES string of the molecule is COC(=O)C(CC1CCCNC1c1ccccc1)OCc1cc(C(F)(F)F)cc(C(F)(F)F)c1. The second-order valence-corrected chi connectivity index (χ2v) is 8.22. The number of carbonyl (C=O) groups excluding carboxylic acids is 1. The van der Waals surface area contributed by atoms with Crippen LogP contribution in [0.5, 0.6) is 0 Å². The Balaban J connectivity index is 1.80. The van der Waals surface area contributed by atoms with Gasteiger partial charge in [0.1, 0.15) is 0 Å². The molecule has 1 fully saturated rings. The first-order valence-electron chi connectivity index (χ1n) is 10.7. The summed E-state index contributed by atoms with van der Waals surface area (Å²) in [6, 6.07) is 10.7. The van der Waals surface area contributed by atoms with E-state index in [1.54, 1.807) is 0 Å². The van der Waals surface area contributed by atoms with E-state index >= 15 is 0 Å². The molecule has 0 aromatic heterocycles. The van der Waals surface area contributed by atoms with Gasteiger partial charge in [-0.25, -0.2) is 4.79 Å². The number of ether oxygens (including phenoxy) is 2. The van der Waals surface area contributed by atoms with Crippen molar-refractivity contribution in [1.82, 2.24) is 5.32 Å². The number of piperidine rings is 1. The molecule has 0 spiro atoms. The van der Waals surface area contributed by atoms with Crippen LogP contribution in [0.1, 0.15) is 47.6 Å². The molecule has 0 radical (unpaired) electrons. The lowest BCUT2D eigenvalue weighted by molar-refractivity contribution is -0.157. The summed E-state index contributed by atoms with van der Waals surface area (Å²) >= 11 is 0. The van der Waals surface area contributed by atoms with E-state index in [9.17, 15) is 31.1 Å². The van der Waals surface area contributed by atoms with E-state index in [0.29, 0.717) is 12.1 Å². The topological polar surface area (TPSA) is 47.6 Å². The second-order valence-electron chi connectivity index (χ2n) is 8.22. The fourth-order valence-electron chi connectivity index (χ4n) is 4.20. The Labute approximate surface area is 193 Å². The standard InChI is InChI=1S/C24H25F6NO3/c1-33-22(32)20(12-17-8-5-9-31-21(17)16-6-3-2-4-7-16)34-14-15-10-18(23(25,26)27)13-19(11-15)24(28,29)30/h2-4,6-7,10-11,13,17,20-21,31H,5,8-9,12,14H2,1H3. The van der Waals surface area contributed by atoms with Crippen LogP contribution < -0.4 is 5.32 Å². The Morgan fingerprint density at radius 3 is 2.21 bits per heavy atom. The number of hydrogen-bond acceptors (Lipinski definition) is 4. The highest BCUT2D eigenvalue weighted by atomic mass is 19.4. The highest BCUT2D eigenvalue weighted by molar-refractivity contribution is 5.74. The maximum Gasteiger partial charge on any atom is 0.416 e. The number of nitrogens with one attached hydrogen (secondary N) is 1. The van der Waals surface area contributed by atoms with Crippen molar-refractivity contribution >= 4 is 5.97 Å². The number of rotatable bonds is 7. The fraction of sp³-hybridized carbons (Fsp3) is 0.458. The van der Waals surface area contributed by atoms with Crippen LogP contribution in [0.4, 0.5) is 26.3 Å². The molecule has 0 aliphatic carbocycles. The Bertz CT molecular complexity index is 929. The van der Waals surface area contributed by atoms with Gasteiger partial charge < -0.3 is 14.8 Å². The highest BCUT2D eigenvalue weighted by Gasteiger charge is 2.37. The molecule has 4 nitrogen and oxygen atoms in total. The van der Waals surface area contributed by atoms with Gasteiger partial charge in [-0.3, -0.25) is 0 Å². The van der Waals surface area contributed by atoms with Gasteiger partial charge in [0.2, 0.25) is 0 Å². The number of carbonyl (C=O) groups is 1. The Morgan fingerprint density at radius 2 is 1.65 bits per heavy atom. The number of hydrogen-bond donors (Lipinski definition) is 1. The maximum atomic E-state index is 13.1. The van der Waals surface area contributed by atoms with Crippen molar-refractivity contribution in [2.45, 2.75) is 50.4 Å². The fourth-order valence-corrected chi connectivity index (χ4v) is 4.20. The third kappa shape index (κ3) is 6.73. The molecule has 1 N–H and O–H groups in total. The summed E-state index contributed by atoms with van der Waals surface area (Å²) in [5, 5.41) is 3.41. The van der Waals surface area contributed by atoms with Gasteiger partial charge in [0.05, 0.1) is 24.8 Å². The minimum Gasteiger partial charge on any atom is -0.467 e. The van der Waals surface area contributed by atoms with Crippen LogP contribution in [0.15, 0.2) is 48.5 Å².